The molecule has 16 nitrogen and oxygen atoms in total. The van der Waals surface area contributed by atoms with Crippen LogP contribution in [0.3, 0.4) is 0 Å². The Kier molecular flexibility index (Phi) is 12.6. The van der Waals surface area contributed by atoms with Gasteiger partial charge in [0.05, 0.1) is 36.0 Å². The number of amides is 4. The number of methoxy groups -OCH3 is 2. The lowest BCUT2D eigenvalue weighted by Gasteiger charge is -2.34. The number of hydrogen-bond acceptors (Lipinski definition) is 12. The molecule has 336 valence electrons. The molecule has 0 unspecified atom stereocenters. The minimum Gasteiger partial charge on any atom is -0.494 e. The zero-order valence-electron chi connectivity index (χ0n) is 35.0. The first-order valence-electron chi connectivity index (χ1n) is 20.0. The van der Waals surface area contributed by atoms with Crippen LogP contribution in [0.5, 0.6) is 11.6 Å². The number of aromatic nitrogens is 2. The van der Waals surface area contributed by atoms with E-state index >= 15 is 0 Å². The van der Waals surface area contributed by atoms with Crippen LogP contribution >= 0.6 is 0 Å². The molecule has 61 heavy (non-hydrogen) atoms. The normalized spacial score (nSPS) is 28.6. The number of rotatable bonds is 9. The number of hydrogen-bond donors (Lipinski definition) is 3. The van der Waals surface area contributed by atoms with Gasteiger partial charge in [0.25, 0.3) is 5.91 Å². The van der Waals surface area contributed by atoms with E-state index in [1.54, 1.807) is 26.8 Å². The van der Waals surface area contributed by atoms with Crippen molar-refractivity contribution in [2.75, 3.05) is 27.4 Å². The van der Waals surface area contributed by atoms with Crippen molar-refractivity contribution in [3.8, 4) is 11.6 Å². The molecule has 2 aliphatic carbocycles. The third-order valence-corrected chi connectivity index (χ3v) is 13.7. The Balaban J connectivity index is 1.41. The first-order chi connectivity index (χ1) is 28.4. The molecule has 6 rings (SSSR count). The van der Waals surface area contributed by atoms with Gasteiger partial charge in [-0.05, 0) is 72.1 Å². The summed E-state index contributed by atoms with van der Waals surface area (Å²) >= 11 is 0. The van der Waals surface area contributed by atoms with Crippen LogP contribution in [-0.4, -0.2) is 109 Å². The van der Waals surface area contributed by atoms with E-state index in [1.807, 2.05) is 13.0 Å². The number of fused-ring (bicyclic) bond motifs is 3. The second-order valence-electron chi connectivity index (χ2n) is 17.7. The maximum atomic E-state index is 15.0. The predicted molar refractivity (Wildman–Crippen MR) is 210 cm³/mol. The Morgan fingerprint density at radius 3 is 2.38 bits per heavy atom. The molecule has 1 saturated heterocycles. The molecule has 21 heteroatoms. The Morgan fingerprint density at radius 1 is 1.07 bits per heavy atom. The summed E-state index contributed by atoms with van der Waals surface area (Å²) in [5, 5.41) is 5.36. The molecule has 0 radical (unpaired) electrons. The molecule has 2 aliphatic heterocycles. The summed E-state index contributed by atoms with van der Waals surface area (Å²) in [6, 6.07) is -1.15. The summed E-state index contributed by atoms with van der Waals surface area (Å²) in [6.45, 7) is 7.78. The van der Waals surface area contributed by atoms with Crippen molar-refractivity contribution in [2.24, 2.45) is 17.8 Å². The van der Waals surface area contributed by atoms with Gasteiger partial charge in [-0.25, -0.2) is 27.6 Å². The highest BCUT2D eigenvalue weighted by Gasteiger charge is 2.63. The van der Waals surface area contributed by atoms with Crippen LogP contribution in [0.15, 0.2) is 24.3 Å². The Morgan fingerprint density at radius 2 is 1.75 bits per heavy atom. The second-order valence-corrected chi connectivity index (χ2v) is 19.9. The quantitative estimate of drug-likeness (QED) is 0.235. The van der Waals surface area contributed by atoms with Crippen molar-refractivity contribution < 1.29 is 64.1 Å². The molecular formula is C40H52F4N6O10S. The Hall–Kier alpha value is -4.79. The fraction of sp³-hybridized carbons (Fsp3) is 0.650. The number of alkyl halides is 3. The van der Waals surface area contributed by atoms with Crippen LogP contribution in [0.4, 0.5) is 22.4 Å². The lowest BCUT2D eigenvalue weighted by Crippen LogP contribution is -2.60. The topological polar surface area (TPSA) is 204 Å². The van der Waals surface area contributed by atoms with Crippen LogP contribution in [0.2, 0.25) is 0 Å². The summed E-state index contributed by atoms with van der Waals surface area (Å²) in [5.41, 5.74) is -4.99. The van der Waals surface area contributed by atoms with Gasteiger partial charge in [-0.3, -0.25) is 19.1 Å². The first kappa shape index (κ1) is 45.7. The molecule has 2 aromatic rings. The van der Waals surface area contributed by atoms with Gasteiger partial charge in [0.2, 0.25) is 33.4 Å². The fourth-order valence-electron chi connectivity index (χ4n) is 7.85. The lowest BCUT2D eigenvalue weighted by molar-refractivity contribution is -0.143. The number of nitrogens with zero attached hydrogens (tertiary/aromatic N) is 3. The number of halogens is 4. The lowest BCUT2D eigenvalue weighted by atomic mass is 9.87. The number of alkyl carbamates (subject to hydrolysis) is 1. The number of ether oxygens (including phenoxy) is 4. The number of nitrogens with one attached hydrogen (secondary N) is 3. The van der Waals surface area contributed by atoms with E-state index in [0.717, 1.165) is 24.1 Å². The highest BCUT2D eigenvalue weighted by atomic mass is 32.2. The average Bonchev–Trinajstić information content (AvgIpc) is 4.03. The molecule has 3 fully saturated rings. The molecule has 3 heterocycles. The zero-order valence-corrected chi connectivity index (χ0v) is 35.8. The van der Waals surface area contributed by atoms with Crippen molar-refractivity contribution in [1.29, 1.82) is 0 Å². The highest BCUT2D eigenvalue weighted by Crippen LogP contribution is 2.48. The predicted octanol–water partition coefficient (Wildman–Crippen LogP) is 4.55. The summed E-state index contributed by atoms with van der Waals surface area (Å²) in [4.78, 5) is 65.5. The van der Waals surface area contributed by atoms with Gasteiger partial charge >= 0.3 is 12.3 Å². The third kappa shape index (κ3) is 9.97. The second kappa shape index (κ2) is 16.8. The van der Waals surface area contributed by atoms with E-state index in [0.29, 0.717) is 32.1 Å². The van der Waals surface area contributed by atoms with E-state index in [9.17, 15) is 45.2 Å². The maximum Gasteiger partial charge on any atom is 0.438 e. The summed E-state index contributed by atoms with van der Waals surface area (Å²) in [6.07, 6.45) is -2.18. The van der Waals surface area contributed by atoms with E-state index in [2.05, 4.69) is 25.3 Å². The van der Waals surface area contributed by atoms with Gasteiger partial charge in [0.15, 0.2) is 11.6 Å². The smallest absolute Gasteiger partial charge is 0.438 e. The zero-order chi connectivity index (χ0) is 44.9. The molecule has 2 saturated carbocycles. The van der Waals surface area contributed by atoms with Crippen LogP contribution < -0.4 is 24.8 Å². The monoisotopic (exact) mass is 884 g/mol. The average molecular weight is 885 g/mol. The minimum absolute atomic E-state index is 0.0217. The van der Waals surface area contributed by atoms with Gasteiger partial charge in [-0.15, -0.1) is 0 Å². The van der Waals surface area contributed by atoms with Crippen molar-refractivity contribution in [1.82, 2.24) is 30.2 Å². The summed E-state index contributed by atoms with van der Waals surface area (Å²) in [5.74, 6) is -6.44. The summed E-state index contributed by atoms with van der Waals surface area (Å²) < 4.78 is 107. The molecular weight excluding hydrogens is 833 g/mol. The Labute approximate surface area is 350 Å². The standard InChI is InChI=1S/C40H52F4N6O10S/c1-21-10-8-9-11-23-18-39(23,35(53)49-61(55,56)38(5)12-13-38)48-32(51)28-15-24(19-50(28)34(52)30(22(14-21)20-57-6)47-36(54)60-37(2,3)4)59-33-31(40(42,43)44)45-26-16-25(41)29(58-7)17-27(26)46-33/h9,11,16-17,21-24,28,30H,8,10,12-15,18-20H2,1-7H3,(H,47,54)(H,48,51)(H,49,53)/b11-9-/t21-,22+,23+,24-,28+,30+,39+/m1/s1. The number of allylic oxidation sites excluding steroid dienone is 1. The SMILES string of the molecule is COC[C@@H]1C[C@H](C)CC/C=C\[C@H]2C[C@]2(C(=O)NS(=O)(=O)C2(C)CC2)NC(=O)[C@@H]2C[C@@H](Oc3nc4cc(OC)c(F)cc4nc3C(F)(F)F)CN2C(=O)[C@H]1NC(=O)OC(C)(C)C. The van der Waals surface area contributed by atoms with Gasteiger partial charge in [0.1, 0.15) is 29.3 Å². The minimum atomic E-state index is -5.15. The van der Waals surface area contributed by atoms with Crippen LogP contribution in [0, 0.1) is 23.6 Å². The van der Waals surface area contributed by atoms with Crippen LogP contribution in [0.25, 0.3) is 11.0 Å². The van der Waals surface area contributed by atoms with Crippen LogP contribution in [-0.2, 0) is 40.1 Å². The number of benzene rings is 1. The van der Waals surface area contributed by atoms with Gasteiger partial charge < -0.3 is 34.5 Å². The van der Waals surface area contributed by atoms with Gasteiger partial charge in [0, 0.05) is 37.5 Å². The van der Waals surface area contributed by atoms with Gasteiger partial charge in [-0.2, -0.15) is 13.2 Å². The molecule has 0 bridgehead atoms. The van der Waals surface area contributed by atoms with Crippen LogP contribution in [0.1, 0.15) is 85.3 Å². The summed E-state index contributed by atoms with van der Waals surface area (Å²) in [7, 11) is -1.57. The Bertz CT molecular complexity index is 2200. The molecule has 3 N–H and O–H groups in total. The highest BCUT2D eigenvalue weighted by molar-refractivity contribution is 7.91. The molecule has 4 aliphatic rings. The molecule has 1 aromatic carbocycles. The largest absolute Gasteiger partial charge is 0.494 e. The number of carbonyl (C=O) groups excluding carboxylic acids is 4. The third-order valence-electron chi connectivity index (χ3n) is 11.6. The molecule has 0 spiro atoms. The first-order valence-corrected chi connectivity index (χ1v) is 21.5. The maximum absolute atomic E-state index is 15.0. The molecule has 7 atom stereocenters. The van der Waals surface area contributed by atoms with E-state index < -0.39 is 122 Å². The van der Waals surface area contributed by atoms with Crippen molar-refractivity contribution in [3.63, 3.8) is 0 Å². The van der Waals surface area contributed by atoms with Gasteiger partial charge in [-0.1, -0.05) is 19.1 Å². The number of sulfonamides is 1. The van der Waals surface area contributed by atoms with Crippen molar-refractivity contribution in [3.05, 3.63) is 35.8 Å². The fourth-order valence-corrected chi connectivity index (χ4v) is 9.16. The van der Waals surface area contributed by atoms with E-state index in [-0.39, 0.29) is 30.2 Å². The van der Waals surface area contributed by atoms with E-state index in [1.165, 1.54) is 14.0 Å². The molecule has 4 amide bonds. The van der Waals surface area contributed by atoms with E-state index in [4.69, 9.17) is 18.9 Å². The van der Waals surface area contributed by atoms with Crippen molar-refractivity contribution in [2.45, 2.75) is 120 Å². The number of carbonyl (C=O) groups is 4. The molecule has 1 aromatic heterocycles. The van der Waals surface area contributed by atoms with Crippen molar-refractivity contribution >= 4 is 44.9 Å².